The molecule has 112 valence electrons. The Balaban J connectivity index is 2.32. The van der Waals surface area contributed by atoms with Crippen LogP contribution in [-0.2, 0) is 0 Å². The van der Waals surface area contributed by atoms with E-state index in [0.29, 0.717) is 5.75 Å². The summed E-state index contributed by atoms with van der Waals surface area (Å²) in [5, 5.41) is 0. The number of aromatic nitrogens is 1. The molecule has 0 bridgehead atoms. The average Bonchev–Trinajstić information content (AvgIpc) is 2.48. The van der Waals surface area contributed by atoms with Gasteiger partial charge in [-0.15, -0.1) is 0 Å². The molecule has 2 rings (SSSR count). The molecule has 1 aromatic heterocycles. The van der Waals surface area contributed by atoms with E-state index in [1.165, 1.54) is 0 Å². The molecule has 0 amide bonds. The topological polar surface area (TPSA) is 57.4 Å². The van der Waals surface area contributed by atoms with E-state index < -0.39 is 0 Å². The highest BCUT2D eigenvalue weighted by atomic mass is 79.9. The van der Waals surface area contributed by atoms with Crippen molar-refractivity contribution < 1.29 is 9.47 Å². The SMILES string of the molecule is COc1cc(Br)c(OC(c2ccncc2)C(C)N)cc1Br. The third-order valence-electron chi connectivity index (χ3n) is 2.97. The van der Waals surface area contributed by atoms with Gasteiger partial charge in [-0.3, -0.25) is 4.98 Å². The summed E-state index contributed by atoms with van der Waals surface area (Å²) in [5.74, 6) is 1.43. The third kappa shape index (κ3) is 3.96. The molecule has 4 nitrogen and oxygen atoms in total. The highest BCUT2D eigenvalue weighted by molar-refractivity contribution is 9.11. The Bertz CT molecular complexity index is 606. The second-order valence-corrected chi connectivity index (χ2v) is 6.30. The normalized spacial score (nSPS) is 13.6. The average molecular weight is 416 g/mol. The first-order chi connectivity index (χ1) is 10.0. The maximum atomic E-state index is 6.09. The lowest BCUT2D eigenvalue weighted by Gasteiger charge is -2.24. The smallest absolute Gasteiger partial charge is 0.139 e. The molecule has 2 N–H and O–H groups in total. The fraction of sp³-hybridized carbons (Fsp3) is 0.267. The van der Waals surface area contributed by atoms with Gasteiger partial charge < -0.3 is 15.2 Å². The van der Waals surface area contributed by atoms with Crippen LogP contribution in [0.4, 0.5) is 0 Å². The van der Waals surface area contributed by atoms with Gasteiger partial charge in [-0.05, 0) is 68.6 Å². The number of rotatable bonds is 5. The minimum Gasteiger partial charge on any atom is -0.496 e. The lowest BCUT2D eigenvalue weighted by atomic mass is 10.1. The van der Waals surface area contributed by atoms with E-state index in [-0.39, 0.29) is 12.1 Å². The van der Waals surface area contributed by atoms with Crippen LogP contribution in [0.15, 0.2) is 45.6 Å². The number of methoxy groups -OCH3 is 1. The number of benzene rings is 1. The van der Waals surface area contributed by atoms with Crippen LogP contribution in [0.1, 0.15) is 18.6 Å². The highest BCUT2D eigenvalue weighted by Crippen LogP contribution is 2.38. The highest BCUT2D eigenvalue weighted by Gasteiger charge is 2.20. The summed E-state index contributed by atoms with van der Waals surface area (Å²) in [5.41, 5.74) is 7.05. The number of nitrogens with zero attached hydrogens (tertiary/aromatic N) is 1. The molecule has 1 aromatic carbocycles. The van der Waals surface area contributed by atoms with E-state index in [1.807, 2.05) is 31.2 Å². The largest absolute Gasteiger partial charge is 0.496 e. The molecule has 0 saturated heterocycles. The van der Waals surface area contributed by atoms with Crippen LogP contribution >= 0.6 is 31.9 Å². The first kappa shape index (κ1) is 16.3. The Hall–Kier alpha value is -1.11. The Morgan fingerprint density at radius 1 is 1.10 bits per heavy atom. The summed E-state index contributed by atoms with van der Waals surface area (Å²) in [6.45, 7) is 1.91. The number of halogens is 2. The van der Waals surface area contributed by atoms with Gasteiger partial charge in [-0.1, -0.05) is 0 Å². The quantitative estimate of drug-likeness (QED) is 0.799. The van der Waals surface area contributed by atoms with Gasteiger partial charge in [0.25, 0.3) is 0 Å². The predicted octanol–water partition coefficient (Wildman–Crippen LogP) is 4.08. The summed E-state index contributed by atoms with van der Waals surface area (Å²) >= 11 is 6.95. The molecule has 0 aliphatic heterocycles. The summed E-state index contributed by atoms with van der Waals surface area (Å²) in [6.07, 6.45) is 3.20. The van der Waals surface area contributed by atoms with Gasteiger partial charge in [0.15, 0.2) is 0 Å². The first-order valence-electron chi connectivity index (χ1n) is 6.38. The second kappa shape index (κ2) is 7.24. The van der Waals surface area contributed by atoms with Crippen LogP contribution in [0.5, 0.6) is 11.5 Å². The molecule has 0 fully saturated rings. The molecule has 0 radical (unpaired) electrons. The van der Waals surface area contributed by atoms with E-state index in [9.17, 15) is 0 Å². The summed E-state index contributed by atoms with van der Waals surface area (Å²) in [6, 6.07) is 7.35. The maximum absolute atomic E-state index is 6.09. The zero-order valence-corrected chi connectivity index (χ0v) is 14.9. The molecule has 6 heteroatoms. The van der Waals surface area contributed by atoms with Crippen molar-refractivity contribution in [3.05, 3.63) is 51.2 Å². The van der Waals surface area contributed by atoms with Crippen molar-refractivity contribution in [2.75, 3.05) is 7.11 Å². The van der Waals surface area contributed by atoms with Crippen molar-refractivity contribution in [3.8, 4) is 11.5 Å². The molecule has 0 spiro atoms. The van der Waals surface area contributed by atoms with Crippen LogP contribution in [0.3, 0.4) is 0 Å². The van der Waals surface area contributed by atoms with Crippen molar-refractivity contribution in [3.63, 3.8) is 0 Å². The van der Waals surface area contributed by atoms with E-state index in [2.05, 4.69) is 36.8 Å². The van der Waals surface area contributed by atoms with Gasteiger partial charge in [0.2, 0.25) is 0 Å². The maximum Gasteiger partial charge on any atom is 0.139 e. The fourth-order valence-electron chi connectivity index (χ4n) is 1.93. The molecule has 2 aromatic rings. The minimum absolute atomic E-state index is 0.167. The van der Waals surface area contributed by atoms with Gasteiger partial charge in [0, 0.05) is 18.4 Å². The van der Waals surface area contributed by atoms with Crippen molar-refractivity contribution in [1.82, 2.24) is 4.98 Å². The molecule has 0 aliphatic carbocycles. The minimum atomic E-state index is -0.260. The Kier molecular flexibility index (Phi) is 5.61. The zero-order chi connectivity index (χ0) is 15.4. The predicted molar refractivity (Wildman–Crippen MR) is 89.6 cm³/mol. The number of hydrogen-bond donors (Lipinski definition) is 1. The molecule has 21 heavy (non-hydrogen) atoms. The van der Waals surface area contributed by atoms with Gasteiger partial charge in [-0.25, -0.2) is 0 Å². The number of ether oxygens (including phenoxy) is 2. The number of hydrogen-bond acceptors (Lipinski definition) is 4. The zero-order valence-electron chi connectivity index (χ0n) is 11.7. The van der Waals surface area contributed by atoms with E-state index in [4.69, 9.17) is 15.2 Å². The number of pyridine rings is 1. The van der Waals surface area contributed by atoms with Gasteiger partial charge >= 0.3 is 0 Å². The first-order valence-corrected chi connectivity index (χ1v) is 7.96. The Morgan fingerprint density at radius 3 is 2.24 bits per heavy atom. The Morgan fingerprint density at radius 2 is 1.67 bits per heavy atom. The fourth-order valence-corrected chi connectivity index (χ4v) is 2.83. The molecular formula is C15H16Br2N2O2. The summed E-state index contributed by atoms with van der Waals surface area (Å²) in [4.78, 5) is 4.02. The van der Waals surface area contributed by atoms with Crippen LogP contribution in [0.25, 0.3) is 0 Å². The summed E-state index contributed by atoms with van der Waals surface area (Å²) in [7, 11) is 1.62. The summed E-state index contributed by atoms with van der Waals surface area (Å²) < 4.78 is 13.0. The second-order valence-electron chi connectivity index (χ2n) is 4.60. The van der Waals surface area contributed by atoms with Crippen molar-refractivity contribution >= 4 is 31.9 Å². The van der Waals surface area contributed by atoms with Gasteiger partial charge in [0.05, 0.1) is 16.1 Å². The molecular weight excluding hydrogens is 400 g/mol. The molecule has 2 atom stereocenters. The molecule has 1 heterocycles. The van der Waals surface area contributed by atoms with Crippen molar-refractivity contribution in [1.29, 1.82) is 0 Å². The van der Waals surface area contributed by atoms with Crippen LogP contribution in [-0.4, -0.2) is 18.1 Å². The van der Waals surface area contributed by atoms with Crippen LogP contribution < -0.4 is 15.2 Å². The lowest BCUT2D eigenvalue weighted by molar-refractivity contribution is 0.179. The van der Waals surface area contributed by atoms with Crippen molar-refractivity contribution in [2.45, 2.75) is 19.1 Å². The van der Waals surface area contributed by atoms with E-state index in [0.717, 1.165) is 20.3 Å². The lowest BCUT2D eigenvalue weighted by Crippen LogP contribution is -2.29. The van der Waals surface area contributed by atoms with E-state index >= 15 is 0 Å². The monoisotopic (exact) mass is 414 g/mol. The molecule has 0 saturated carbocycles. The third-order valence-corrected chi connectivity index (χ3v) is 4.21. The van der Waals surface area contributed by atoms with Crippen LogP contribution in [0.2, 0.25) is 0 Å². The van der Waals surface area contributed by atoms with Crippen molar-refractivity contribution in [2.24, 2.45) is 5.73 Å². The standard InChI is InChI=1S/C15H16Br2N2O2/c1-9(18)15(10-3-5-19-6-4-10)21-14-8-11(16)13(20-2)7-12(14)17/h3-9,15H,18H2,1-2H3. The van der Waals surface area contributed by atoms with Gasteiger partial charge in [-0.2, -0.15) is 0 Å². The van der Waals surface area contributed by atoms with E-state index in [1.54, 1.807) is 19.5 Å². The molecule has 2 unspecified atom stereocenters. The Labute approximate surface area is 140 Å². The number of nitrogens with two attached hydrogens (primary N) is 1. The molecule has 0 aliphatic rings. The van der Waals surface area contributed by atoms with Crippen LogP contribution in [0, 0.1) is 0 Å². The van der Waals surface area contributed by atoms with Gasteiger partial charge in [0.1, 0.15) is 17.6 Å².